The number of aromatic nitrogens is 2. The van der Waals surface area contributed by atoms with E-state index in [0.717, 1.165) is 25.1 Å². The number of piperidine rings is 1. The molecule has 3 N–H and O–H groups in total. The van der Waals surface area contributed by atoms with Gasteiger partial charge in [0.2, 0.25) is 0 Å². The molecular formula is C23H30FN7O. The molecule has 1 aromatic carbocycles. The van der Waals surface area contributed by atoms with Gasteiger partial charge in [-0.15, -0.1) is 0 Å². The van der Waals surface area contributed by atoms with Crippen LogP contribution in [0.4, 0.5) is 10.2 Å². The molecule has 1 aromatic heterocycles. The lowest BCUT2D eigenvalue weighted by Gasteiger charge is -2.38. The van der Waals surface area contributed by atoms with E-state index in [-0.39, 0.29) is 17.9 Å². The zero-order chi connectivity index (χ0) is 22.7. The molecule has 2 atom stereocenters. The van der Waals surface area contributed by atoms with Gasteiger partial charge in [-0.1, -0.05) is 12.1 Å². The molecule has 170 valence electrons. The maximum atomic E-state index is 15.8. The number of nitriles is 1. The zero-order valence-electron chi connectivity index (χ0n) is 18.7. The molecule has 2 fully saturated rings. The molecule has 2 saturated heterocycles. The fourth-order valence-corrected chi connectivity index (χ4v) is 4.45. The standard InChI is InChI=1S/C23H30FN7O/c1-15(2)31-8-6-23(24,7-9-31)16-4-5-18(20(10-16)32-3)19-11-21(30-29-19)28-22-14-26-17(12-25)13-27-22/h4-5,10,13-15,19,21,29-30H,6-9,11H2,1-3H3,(H,27,28). The van der Waals surface area contributed by atoms with Crippen molar-refractivity contribution in [2.24, 2.45) is 0 Å². The van der Waals surface area contributed by atoms with Crippen molar-refractivity contribution in [1.82, 2.24) is 25.7 Å². The van der Waals surface area contributed by atoms with Crippen molar-refractivity contribution in [1.29, 1.82) is 5.26 Å². The summed E-state index contributed by atoms with van der Waals surface area (Å²) in [6.45, 7) is 5.83. The summed E-state index contributed by atoms with van der Waals surface area (Å²) in [5, 5.41) is 12.1. The van der Waals surface area contributed by atoms with Crippen LogP contribution in [0.1, 0.15) is 56.0 Å². The Kier molecular flexibility index (Phi) is 6.55. The van der Waals surface area contributed by atoms with E-state index in [1.165, 1.54) is 12.4 Å². The largest absolute Gasteiger partial charge is 0.496 e. The van der Waals surface area contributed by atoms with Crippen LogP contribution in [0, 0.1) is 11.3 Å². The van der Waals surface area contributed by atoms with E-state index in [9.17, 15) is 0 Å². The number of alkyl halides is 1. The Morgan fingerprint density at radius 3 is 2.66 bits per heavy atom. The van der Waals surface area contributed by atoms with Crippen molar-refractivity contribution < 1.29 is 9.13 Å². The first-order chi connectivity index (χ1) is 15.4. The predicted molar refractivity (Wildman–Crippen MR) is 120 cm³/mol. The second-order valence-electron chi connectivity index (χ2n) is 8.72. The number of hydrogen-bond acceptors (Lipinski definition) is 8. The van der Waals surface area contributed by atoms with E-state index < -0.39 is 5.67 Å². The molecule has 8 nitrogen and oxygen atoms in total. The molecule has 4 rings (SSSR count). The zero-order valence-corrected chi connectivity index (χ0v) is 18.7. The van der Waals surface area contributed by atoms with E-state index in [1.54, 1.807) is 7.11 Å². The van der Waals surface area contributed by atoms with E-state index in [2.05, 4.69) is 44.9 Å². The molecule has 3 heterocycles. The minimum Gasteiger partial charge on any atom is -0.496 e. The van der Waals surface area contributed by atoms with Crippen LogP contribution < -0.4 is 20.9 Å². The fraction of sp³-hybridized carbons (Fsp3) is 0.522. The molecule has 0 bridgehead atoms. The molecule has 0 radical (unpaired) electrons. The van der Waals surface area contributed by atoms with Crippen LogP contribution in [0.3, 0.4) is 0 Å². The Morgan fingerprint density at radius 2 is 2.03 bits per heavy atom. The maximum absolute atomic E-state index is 15.8. The van der Waals surface area contributed by atoms with Crippen molar-refractivity contribution in [3.63, 3.8) is 0 Å². The summed E-state index contributed by atoms with van der Waals surface area (Å²) in [4.78, 5) is 10.5. The Morgan fingerprint density at radius 1 is 1.25 bits per heavy atom. The summed E-state index contributed by atoms with van der Waals surface area (Å²) in [6.07, 6.45) is 4.60. The van der Waals surface area contributed by atoms with Crippen molar-refractivity contribution in [2.45, 2.75) is 57.0 Å². The number of likely N-dealkylation sites (tertiary alicyclic amines) is 1. The second-order valence-corrected chi connectivity index (χ2v) is 8.72. The first kappa shape index (κ1) is 22.4. The van der Waals surface area contributed by atoms with Gasteiger partial charge in [-0.2, -0.15) is 5.26 Å². The highest BCUT2D eigenvalue weighted by Gasteiger charge is 2.38. The van der Waals surface area contributed by atoms with Gasteiger partial charge in [0.15, 0.2) is 5.69 Å². The quantitative estimate of drug-likeness (QED) is 0.632. The van der Waals surface area contributed by atoms with Crippen molar-refractivity contribution in [2.75, 3.05) is 25.5 Å². The minimum absolute atomic E-state index is 0.0128. The first-order valence-corrected chi connectivity index (χ1v) is 11.0. The number of anilines is 1. The molecular weight excluding hydrogens is 409 g/mol. The molecule has 2 aliphatic rings. The molecule has 32 heavy (non-hydrogen) atoms. The summed E-state index contributed by atoms with van der Waals surface area (Å²) in [6, 6.07) is 8.10. The molecule has 2 aliphatic heterocycles. The summed E-state index contributed by atoms with van der Waals surface area (Å²) >= 11 is 0. The van der Waals surface area contributed by atoms with E-state index in [0.29, 0.717) is 36.0 Å². The third-order valence-corrected chi connectivity index (χ3v) is 6.44. The summed E-state index contributed by atoms with van der Waals surface area (Å²) in [5.41, 5.74) is 7.10. The van der Waals surface area contributed by atoms with Gasteiger partial charge in [0.05, 0.1) is 31.7 Å². The average Bonchev–Trinajstić information content (AvgIpc) is 3.27. The molecule has 0 saturated carbocycles. The Hall–Kier alpha value is -2.80. The molecule has 0 aliphatic carbocycles. The van der Waals surface area contributed by atoms with Gasteiger partial charge in [0, 0.05) is 31.1 Å². The SMILES string of the molecule is COc1cc(C2(F)CCN(C(C)C)CC2)ccc1C1CC(Nc2cnc(C#N)cn2)NN1. The lowest BCUT2D eigenvalue weighted by molar-refractivity contribution is 0.0425. The third kappa shape index (κ3) is 4.67. The normalized spacial score (nSPS) is 23.1. The minimum atomic E-state index is -1.32. The second kappa shape index (κ2) is 9.36. The molecule has 9 heteroatoms. The van der Waals surface area contributed by atoms with Crippen LogP contribution in [0.5, 0.6) is 5.75 Å². The number of rotatable bonds is 6. The number of nitrogens with one attached hydrogen (secondary N) is 3. The number of nitrogens with zero attached hydrogens (tertiary/aromatic N) is 4. The van der Waals surface area contributed by atoms with Crippen molar-refractivity contribution in [3.8, 4) is 11.8 Å². The van der Waals surface area contributed by atoms with E-state index in [1.807, 2.05) is 24.3 Å². The number of hydrogen-bond donors (Lipinski definition) is 3. The van der Waals surface area contributed by atoms with Gasteiger partial charge in [0.25, 0.3) is 0 Å². The van der Waals surface area contributed by atoms with Gasteiger partial charge in [-0.05, 0) is 38.3 Å². The number of ether oxygens (including phenoxy) is 1. The van der Waals surface area contributed by atoms with Crippen LogP contribution in [0.2, 0.25) is 0 Å². The summed E-state index contributed by atoms with van der Waals surface area (Å²) in [5.74, 6) is 1.27. The van der Waals surface area contributed by atoms with Crippen molar-refractivity contribution in [3.05, 3.63) is 47.4 Å². The van der Waals surface area contributed by atoms with Crippen molar-refractivity contribution >= 4 is 5.82 Å². The van der Waals surface area contributed by atoms with Crippen LogP contribution in [-0.2, 0) is 5.67 Å². The number of hydrazine groups is 1. The lowest BCUT2D eigenvalue weighted by atomic mass is 9.84. The number of benzene rings is 1. The predicted octanol–water partition coefficient (Wildman–Crippen LogP) is 3.00. The van der Waals surface area contributed by atoms with E-state index in [4.69, 9.17) is 10.00 Å². The van der Waals surface area contributed by atoms with Gasteiger partial charge >= 0.3 is 0 Å². The molecule has 2 unspecified atom stereocenters. The summed E-state index contributed by atoms with van der Waals surface area (Å²) in [7, 11) is 1.62. The molecule has 2 aromatic rings. The van der Waals surface area contributed by atoms with Crippen LogP contribution in [0.25, 0.3) is 0 Å². The lowest BCUT2D eigenvalue weighted by Crippen LogP contribution is -2.43. The molecule has 0 spiro atoms. The van der Waals surface area contributed by atoms with Gasteiger partial charge < -0.3 is 15.0 Å². The summed E-state index contributed by atoms with van der Waals surface area (Å²) < 4.78 is 21.4. The van der Waals surface area contributed by atoms with Crippen LogP contribution in [-0.4, -0.2) is 47.3 Å². The fourth-order valence-electron chi connectivity index (χ4n) is 4.45. The highest BCUT2D eigenvalue weighted by Crippen LogP contribution is 2.41. The Labute approximate surface area is 188 Å². The maximum Gasteiger partial charge on any atom is 0.158 e. The number of methoxy groups -OCH3 is 1. The van der Waals surface area contributed by atoms with Gasteiger partial charge in [0.1, 0.15) is 23.3 Å². The highest BCUT2D eigenvalue weighted by molar-refractivity contribution is 5.43. The van der Waals surface area contributed by atoms with Gasteiger partial charge in [-0.25, -0.2) is 25.2 Å². The monoisotopic (exact) mass is 439 g/mol. The Bertz CT molecular complexity index is 967. The van der Waals surface area contributed by atoms with Crippen LogP contribution >= 0.6 is 0 Å². The number of halogens is 1. The third-order valence-electron chi connectivity index (χ3n) is 6.44. The smallest absolute Gasteiger partial charge is 0.158 e. The highest BCUT2D eigenvalue weighted by atomic mass is 19.1. The molecule has 0 amide bonds. The van der Waals surface area contributed by atoms with Gasteiger partial charge in [-0.3, -0.25) is 0 Å². The average molecular weight is 440 g/mol. The topological polar surface area (TPSA) is 98.1 Å². The van der Waals surface area contributed by atoms with Crippen LogP contribution in [0.15, 0.2) is 30.6 Å². The van der Waals surface area contributed by atoms with E-state index >= 15 is 4.39 Å². The Balaban J connectivity index is 1.43. The first-order valence-electron chi connectivity index (χ1n) is 11.0.